The molecule has 0 saturated carbocycles. The van der Waals surface area contributed by atoms with Gasteiger partial charge in [0.2, 0.25) is 11.8 Å². The highest BCUT2D eigenvalue weighted by Crippen LogP contribution is 2.24. The van der Waals surface area contributed by atoms with Crippen LogP contribution in [0.25, 0.3) is 0 Å². The van der Waals surface area contributed by atoms with Crippen LogP contribution in [0, 0.1) is 0 Å². The smallest absolute Gasteiger partial charge is 0.337 e. The molecule has 1 heterocycles. The minimum absolute atomic E-state index is 0.0493. The summed E-state index contributed by atoms with van der Waals surface area (Å²) in [7, 11) is 4.26. The van der Waals surface area contributed by atoms with Crippen LogP contribution in [0.15, 0.2) is 30.3 Å². The number of nitrogens with zero attached hydrogens (tertiary/aromatic N) is 2. The molecule has 0 fully saturated rings. The van der Waals surface area contributed by atoms with Gasteiger partial charge in [0.15, 0.2) is 0 Å². The predicted molar refractivity (Wildman–Crippen MR) is 73.0 cm³/mol. The lowest BCUT2D eigenvalue weighted by Gasteiger charge is -2.08. The molecule has 0 aliphatic heterocycles. The Bertz CT molecular complexity index is 623. The Hall–Kier alpha value is -2.83. The van der Waals surface area contributed by atoms with Gasteiger partial charge in [0.25, 0.3) is 0 Å². The lowest BCUT2D eigenvalue weighted by Crippen LogP contribution is -2.02. The first-order chi connectivity index (χ1) is 10.2. The van der Waals surface area contributed by atoms with E-state index in [-0.39, 0.29) is 6.01 Å². The maximum absolute atomic E-state index is 11.5. The summed E-state index contributed by atoms with van der Waals surface area (Å²) in [5.74, 6) is 0.555. The molecule has 1 aromatic carbocycles. The van der Waals surface area contributed by atoms with Gasteiger partial charge in [-0.1, -0.05) is 6.07 Å². The van der Waals surface area contributed by atoms with E-state index in [4.69, 9.17) is 14.2 Å². The van der Waals surface area contributed by atoms with Gasteiger partial charge in [-0.15, -0.1) is 0 Å². The van der Waals surface area contributed by atoms with Gasteiger partial charge in [0.05, 0.1) is 33.0 Å². The number of hydrogen-bond acceptors (Lipinski definition) is 7. The lowest BCUT2D eigenvalue weighted by molar-refractivity contribution is 0.0600. The molecule has 21 heavy (non-hydrogen) atoms. The van der Waals surface area contributed by atoms with Crippen molar-refractivity contribution < 1.29 is 23.7 Å². The van der Waals surface area contributed by atoms with E-state index in [2.05, 4.69) is 14.7 Å². The van der Waals surface area contributed by atoms with Gasteiger partial charge in [0, 0.05) is 0 Å². The Morgan fingerprint density at radius 1 is 1.00 bits per heavy atom. The molecule has 0 N–H and O–H groups in total. The SMILES string of the molecule is COC(=O)c1cccc(Oc2nc(OC)cc(OC)n2)c1. The number of aromatic nitrogens is 2. The minimum Gasteiger partial charge on any atom is -0.481 e. The number of carbonyl (C=O) groups is 1. The van der Waals surface area contributed by atoms with Crippen molar-refractivity contribution in [3.63, 3.8) is 0 Å². The fourth-order valence-electron chi connectivity index (χ4n) is 1.55. The van der Waals surface area contributed by atoms with Crippen LogP contribution in [-0.2, 0) is 4.74 Å². The molecule has 0 aliphatic carbocycles. The Labute approximate surface area is 121 Å². The Kier molecular flexibility index (Phi) is 4.55. The van der Waals surface area contributed by atoms with E-state index in [1.807, 2.05) is 0 Å². The first-order valence-electron chi connectivity index (χ1n) is 5.99. The summed E-state index contributed by atoms with van der Waals surface area (Å²) in [6.07, 6.45) is 0. The van der Waals surface area contributed by atoms with E-state index in [9.17, 15) is 4.79 Å². The highest BCUT2D eigenvalue weighted by Gasteiger charge is 2.10. The summed E-state index contributed by atoms with van der Waals surface area (Å²) >= 11 is 0. The number of hydrogen-bond donors (Lipinski definition) is 0. The normalized spacial score (nSPS) is 9.86. The van der Waals surface area contributed by atoms with Crippen LogP contribution in [0.3, 0.4) is 0 Å². The Balaban J connectivity index is 2.27. The van der Waals surface area contributed by atoms with Crippen LogP contribution in [0.2, 0.25) is 0 Å². The second kappa shape index (κ2) is 6.56. The summed E-state index contributed by atoms with van der Waals surface area (Å²) in [6.45, 7) is 0. The Morgan fingerprint density at radius 3 is 2.24 bits per heavy atom. The zero-order valence-electron chi connectivity index (χ0n) is 11.8. The molecular weight excluding hydrogens is 276 g/mol. The summed E-state index contributed by atoms with van der Waals surface area (Å²) in [6, 6.07) is 8.05. The molecule has 110 valence electrons. The monoisotopic (exact) mass is 290 g/mol. The van der Waals surface area contributed by atoms with Crippen molar-refractivity contribution in [1.29, 1.82) is 0 Å². The van der Waals surface area contributed by atoms with Crippen molar-refractivity contribution in [3.8, 4) is 23.5 Å². The van der Waals surface area contributed by atoms with Gasteiger partial charge < -0.3 is 18.9 Å². The molecule has 0 aliphatic rings. The molecule has 2 rings (SSSR count). The fraction of sp³-hybridized carbons (Fsp3) is 0.214. The predicted octanol–water partition coefficient (Wildman–Crippen LogP) is 2.07. The third kappa shape index (κ3) is 3.59. The van der Waals surface area contributed by atoms with Gasteiger partial charge in [-0.05, 0) is 18.2 Å². The molecule has 0 saturated heterocycles. The first-order valence-corrected chi connectivity index (χ1v) is 5.99. The molecule has 1 aromatic heterocycles. The van der Waals surface area contributed by atoms with Crippen LogP contribution < -0.4 is 14.2 Å². The molecule has 2 aromatic rings. The third-order valence-electron chi connectivity index (χ3n) is 2.54. The van der Waals surface area contributed by atoms with Crippen LogP contribution in [0.4, 0.5) is 0 Å². The zero-order chi connectivity index (χ0) is 15.2. The lowest BCUT2D eigenvalue weighted by atomic mass is 10.2. The number of rotatable bonds is 5. The van der Waals surface area contributed by atoms with Gasteiger partial charge >= 0.3 is 12.0 Å². The molecule has 0 unspecified atom stereocenters. The van der Waals surface area contributed by atoms with Crippen LogP contribution in [0.1, 0.15) is 10.4 Å². The van der Waals surface area contributed by atoms with Gasteiger partial charge in [-0.25, -0.2) is 4.79 Å². The maximum atomic E-state index is 11.5. The molecule has 0 spiro atoms. The van der Waals surface area contributed by atoms with E-state index < -0.39 is 5.97 Å². The first kappa shape index (κ1) is 14.6. The van der Waals surface area contributed by atoms with Crippen molar-refractivity contribution in [3.05, 3.63) is 35.9 Å². The van der Waals surface area contributed by atoms with E-state index in [0.29, 0.717) is 23.1 Å². The van der Waals surface area contributed by atoms with Crippen molar-refractivity contribution in [2.45, 2.75) is 0 Å². The van der Waals surface area contributed by atoms with Crippen LogP contribution >= 0.6 is 0 Å². The fourth-order valence-corrected chi connectivity index (χ4v) is 1.55. The number of carbonyl (C=O) groups excluding carboxylic acids is 1. The molecular formula is C14H14N2O5. The van der Waals surface area contributed by atoms with E-state index in [1.165, 1.54) is 33.5 Å². The van der Waals surface area contributed by atoms with Crippen molar-refractivity contribution in [2.75, 3.05) is 21.3 Å². The molecule has 7 heteroatoms. The summed E-state index contributed by atoms with van der Waals surface area (Å²) in [5, 5.41) is 0. The average Bonchev–Trinajstić information content (AvgIpc) is 2.53. The van der Waals surface area contributed by atoms with Gasteiger partial charge in [-0.2, -0.15) is 9.97 Å². The third-order valence-corrected chi connectivity index (χ3v) is 2.54. The molecule has 0 bridgehead atoms. The highest BCUT2D eigenvalue weighted by atomic mass is 16.5. The number of ether oxygens (including phenoxy) is 4. The van der Waals surface area contributed by atoms with Crippen molar-refractivity contribution in [2.24, 2.45) is 0 Å². The molecule has 0 atom stereocenters. The summed E-state index contributed by atoms with van der Waals surface area (Å²) in [5.41, 5.74) is 0.366. The van der Waals surface area contributed by atoms with Crippen molar-refractivity contribution >= 4 is 5.97 Å². The van der Waals surface area contributed by atoms with E-state index >= 15 is 0 Å². The number of esters is 1. The second-order valence-corrected chi connectivity index (χ2v) is 3.86. The molecule has 0 amide bonds. The van der Waals surface area contributed by atoms with Crippen LogP contribution in [0.5, 0.6) is 23.5 Å². The van der Waals surface area contributed by atoms with Crippen molar-refractivity contribution in [1.82, 2.24) is 9.97 Å². The number of methoxy groups -OCH3 is 3. The summed E-state index contributed by atoms with van der Waals surface area (Å²) < 4.78 is 20.2. The molecule has 0 radical (unpaired) electrons. The maximum Gasteiger partial charge on any atom is 0.337 e. The minimum atomic E-state index is -0.454. The van der Waals surface area contributed by atoms with Gasteiger partial charge in [0.1, 0.15) is 5.75 Å². The topological polar surface area (TPSA) is 79.8 Å². The molecule has 7 nitrogen and oxygen atoms in total. The standard InChI is InChI=1S/C14H14N2O5/c1-18-11-8-12(19-2)16-14(15-11)21-10-6-4-5-9(7-10)13(17)20-3/h4-8H,1-3H3. The van der Waals surface area contributed by atoms with Crippen LogP contribution in [-0.4, -0.2) is 37.3 Å². The second-order valence-electron chi connectivity index (χ2n) is 3.86. The zero-order valence-corrected chi connectivity index (χ0v) is 11.8. The van der Waals surface area contributed by atoms with E-state index in [0.717, 1.165) is 0 Å². The number of benzene rings is 1. The highest BCUT2D eigenvalue weighted by molar-refractivity contribution is 5.89. The average molecular weight is 290 g/mol. The summed E-state index contributed by atoms with van der Waals surface area (Å²) in [4.78, 5) is 19.5. The van der Waals surface area contributed by atoms with E-state index in [1.54, 1.807) is 18.2 Å². The largest absolute Gasteiger partial charge is 0.481 e. The quantitative estimate of drug-likeness (QED) is 0.780. The Morgan fingerprint density at radius 2 is 1.67 bits per heavy atom. The van der Waals surface area contributed by atoms with Gasteiger partial charge in [-0.3, -0.25) is 0 Å².